The SMILES string of the molecule is CCN(Cc1ccc2c(c1)OCO2)C(=O)CSCc1nc2sc3c(c2c(=O)[nH]1)CCC3. The van der Waals surface area contributed by atoms with Crippen LogP contribution in [-0.4, -0.2) is 39.9 Å². The fourth-order valence-electron chi connectivity index (χ4n) is 4.08. The quantitative estimate of drug-likeness (QED) is 0.585. The van der Waals surface area contributed by atoms with Gasteiger partial charge in [0.1, 0.15) is 10.7 Å². The van der Waals surface area contributed by atoms with Gasteiger partial charge in [-0.15, -0.1) is 23.1 Å². The number of rotatable bonds is 7. The molecule has 1 aromatic carbocycles. The molecule has 0 spiro atoms. The van der Waals surface area contributed by atoms with Gasteiger partial charge in [0.25, 0.3) is 5.56 Å². The molecule has 0 atom stereocenters. The Kier molecular flexibility index (Phi) is 5.62. The molecule has 0 saturated heterocycles. The van der Waals surface area contributed by atoms with Crippen molar-refractivity contribution in [2.75, 3.05) is 19.1 Å². The summed E-state index contributed by atoms with van der Waals surface area (Å²) in [5.41, 5.74) is 2.14. The maximum atomic E-state index is 12.7. The molecule has 3 aromatic rings. The summed E-state index contributed by atoms with van der Waals surface area (Å²) in [5, 5.41) is 0.767. The Morgan fingerprint density at radius 2 is 2.16 bits per heavy atom. The van der Waals surface area contributed by atoms with Crippen LogP contribution in [0.5, 0.6) is 11.5 Å². The number of ether oxygens (including phenoxy) is 2. The highest BCUT2D eigenvalue weighted by Crippen LogP contribution is 2.35. The van der Waals surface area contributed by atoms with Crippen molar-refractivity contribution >= 4 is 39.2 Å². The van der Waals surface area contributed by atoms with E-state index in [1.807, 2.05) is 30.0 Å². The Hall–Kier alpha value is -2.52. The van der Waals surface area contributed by atoms with Gasteiger partial charge in [-0.05, 0) is 49.4 Å². The van der Waals surface area contributed by atoms with E-state index in [0.29, 0.717) is 30.4 Å². The number of nitrogens with one attached hydrogen (secondary N) is 1. The van der Waals surface area contributed by atoms with Gasteiger partial charge in [0.05, 0.1) is 16.9 Å². The second-order valence-electron chi connectivity index (χ2n) is 7.64. The number of aromatic amines is 1. The average Bonchev–Trinajstić information content (AvgIpc) is 3.47. The van der Waals surface area contributed by atoms with Crippen LogP contribution in [0, 0.1) is 0 Å². The molecule has 0 bridgehead atoms. The molecule has 162 valence electrons. The van der Waals surface area contributed by atoms with Gasteiger partial charge in [0.2, 0.25) is 12.7 Å². The third kappa shape index (κ3) is 4.04. The van der Waals surface area contributed by atoms with E-state index in [2.05, 4.69) is 9.97 Å². The molecule has 2 aromatic heterocycles. The zero-order chi connectivity index (χ0) is 21.4. The Morgan fingerprint density at radius 1 is 1.29 bits per heavy atom. The van der Waals surface area contributed by atoms with E-state index in [1.165, 1.54) is 22.2 Å². The van der Waals surface area contributed by atoms with E-state index >= 15 is 0 Å². The van der Waals surface area contributed by atoms with Crippen LogP contribution in [0.1, 0.15) is 35.2 Å². The molecule has 1 amide bonds. The van der Waals surface area contributed by atoms with Crippen LogP contribution in [0.25, 0.3) is 10.2 Å². The highest BCUT2D eigenvalue weighted by molar-refractivity contribution is 7.99. The molecular weight excluding hydrogens is 434 g/mol. The smallest absolute Gasteiger partial charge is 0.259 e. The van der Waals surface area contributed by atoms with Gasteiger partial charge < -0.3 is 19.4 Å². The lowest BCUT2D eigenvalue weighted by molar-refractivity contribution is -0.128. The molecule has 0 unspecified atom stereocenters. The summed E-state index contributed by atoms with van der Waals surface area (Å²) < 4.78 is 10.8. The number of aromatic nitrogens is 2. The minimum absolute atomic E-state index is 0.0516. The Morgan fingerprint density at radius 3 is 3.03 bits per heavy atom. The zero-order valence-corrected chi connectivity index (χ0v) is 18.9. The van der Waals surface area contributed by atoms with Crippen LogP contribution < -0.4 is 15.0 Å². The predicted molar refractivity (Wildman–Crippen MR) is 122 cm³/mol. The number of thioether (sulfide) groups is 1. The number of aryl methyl sites for hydroxylation is 2. The molecule has 31 heavy (non-hydrogen) atoms. The van der Waals surface area contributed by atoms with Crippen LogP contribution >= 0.6 is 23.1 Å². The van der Waals surface area contributed by atoms with Gasteiger partial charge in [-0.25, -0.2) is 4.98 Å². The van der Waals surface area contributed by atoms with E-state index in [-0.39, 0.29) is 18.3 Å². The van der Waals surface area contributed by atoms with E-state index in [0.717, 1.165) is 46.5 Å². The number of fused-ring (bicyclic) bond motifs is 4. The predicted octanol–water partition coefficient (Wildman–Crippen LogP) is 3.48. The fourth-order valence-corrected chi connectivity index (χ4v) is 6.15. The summed E-state index contributed by atoms with van der Waals surface area (Å²) in [6.45, 7) is 3.35. The maximum Gasteiger partial charge on any atom is 0.259 e. The van der Waals surface area contributed by atoms with Crippen LogP contribution in [0.2, 0.25) is 0 Å². The number of benzene rings is 1. The number of carbonyl (C=O) groups is 1. The molecule has 5 rings (SSSR count). The second-order valence-corrected chi connectivity index (χ2v) is 9.71. The number of nitrogens with zero attached hydrogens (tertiary/aromatic N) is 2. The number of thiophene rings is 1. The van der Waals surface area contributed by atoms with Gasteiger partial charge in [0, 0.05) is 18.0 Å². The Bertz CT molecular complexity index is 1200. The Balaban J connectivity index is 1.20. The molecule has 9 heteroatoms. The average molecular weight is 458 g/mol. The highest BCUT2D eigenvalue weighted by atomic mass is 32.2. The molecule has 1 aliphatic carbocycles. The van der Waals surface area contributed by atoms with Crippen molar-refractivity contribution < 1.29 is 14.3 Å². The lowest BCUT2D eigenvalue weighted by atomic mass is 10.2. The maximum absolute atomic E-state index is 12.7. The standard InChI is InChI=1S/C22H23N3O4S2/c1-2-25(9-13-6-7-15-16(8-13)29-12-28-15)19(26)11-30-10-18-23-21(27)20-14-4-3-5-17(14)31-22(20)24-18/h6-8H,2-5,9-12H2,1H3,(H,23,24,27). The molecule has 7 nitrogen and oxygen atoms in total. The molecular formula is C22H23N3O4S2. The minimum Gasteiger partial charge on any atom is -0.454 e. The van der Waals surface area contributed by atoms with Gasteiger partial charge in [0.15, 0.2) is 11.5 Å². The number of hydrogen-bond acceptors (Lipinski definition) is 7. The second kappa shape index (κ2) is 8.55. The molecule has 1 N–H and O–H groups in total. The molecule has 0 saturated carbocycles. The van der Waals surface area contributed by atoms with Gasteiger partial charge >= 0.3 is 0 Å². The number of carbonyl (C=O) groups excluding carboxylic acids is 1. The normalized spacial score (nSPS) is 14.2. The summed E-state index contributed by atoms with van der Waals surface area (Å²) in [4.78, 5) is 36.8. The first-order valence-corrected chi connectivity index (χ1v) is 12.4. The largest absolute Gasteiger partial charge is 0.454 e. The number of H-pyrrole nitrogens is 1. The van der Waals surface area contributed by atoms with Crippen molar-refractivity contribution in [2.45, 2.75) is 38.5 Å². The van der Waals surface area contributed by atoms with Gasteiger partial charge in [-0.3, -0.25) is 9.59 Å². The lowest BCUT2D eigenvalue weighted by Crippen LogP contribution is -2.31. The van der Waals surface area contributed by atoms with Crippen molar-refractivity contribution in [1.29, 1.82) is 0 Å². The highest BCUT2D eigenvalue weighted by Gasteiger charge is 2.21. The zero-order valence-electron chi connectivity index (χ0n) is 17.2. The van der Waals surface area contributed by atoms with Crippen LogP contribution in [0.15, 0.2) is 23.0 Å². The molecule has 1 aliphatic heterocycles. The first-order valence-electron chi connectivity index (χ1n) is 10.4. The number of amides is 1. The summed E-state index contributed by atoms with van der Waals surface area (Å²) in [5.74, 6) is 2.99. The summed E-state index contributed by atoms with van der Waals surface area (Å²) in [6.07, 6.45) is 3.14. The summed E-state index contributed by atoms with van der Waals surface area (Å²) >= 11 is 3.11. The van der Waals surface area contributed by atoms with Gasteiger partial charge in [-0.1, -0.05) is 6.07 Å². The van der Waals surface area contributed by atoms with Crippen LogP contribution in [0.4, 0.5) is 0 Å². The van der Waals surface area contributed by atoms with E-state index < -0.39 is 0 Å². The Labute approximate surface area is 187 Å². The third-order valence-electron chi connectivity index (χ3n) is 5.63. The van der Waals surface area contributed by atoms with Crippen molar-refractivity contribution in [2.24, 2.45) is 0 Å². The first-order chi connectivity index (χ1) is 15.1. The molecule has 0 radical (unpaired) electrons. The van der Waals surface area contributed by atoms with Crippen molar-refractivity contribution in [3.63, 3.8) is 0 Å². The van der Waals surface area contributed by atoms with Crippen LogP contribution in [-0.2, 0) is 29.9 Å². The van der Waals surface area contributed by atoms with Crippen molar-refractivity contribution in [3.8, 4) is 11.5 Å². The van der Waals surface area contributed by atoms with Crippen molar-refractivity contribution in [3.05, 3.63) is 50.4 Å². The third-order valence-corrected chi connectivity index (χ3v) is 7.75. The fraction of sp³-hybridized carbons (Fsp3) is 0.409. The van der Waals surface area contributed by atoms with Crippen molar-refractivity contribution in [1.82, 2.24) is 14.9 Å². The summed E-state index contributed by atoms with van der Waals surface area (Å²) in [7, 11) is 0. The molecule has 3 heterocycles. The summed E-state index contributed by atoms with van der Waals surface area (Å²) in [6, 6.07) is 5.76. The number of hydrogen-bond donors (Lipinski definition) is 1. The molecule has 0 fully saturated rings. The van der Waals surface area contributed by atoms with E-state index in [4.69, 9.17) is 9.47 Å². The van der Waals surface area contributed by atoms with E-state index in [1.54, 1.807) is 11.3 Å². The monoisotopic (exact) mass is 457 g/mol. The minimum atomic E-state index is -0.0516. The first kappa shape index (κ1) is 20.4. The van der Waals surface area contributed by atoms with Crippen LogP contribution in [0.3, 0.4) is 0 Å². The van der Waals surface area contributed by atoms with E-state index in [9.17, 15) is 9.59 Å². The lowest BCUT2D eigenvalue weighted by Gasteiger charge is -2.21. The van der Waals surface area contributed by atoms with Gasteiger partial charge in [-0.2, -0.15) is 0 Å². The topological polar surface area (TPSA) is 84.5 Å². The molecule has 2 aliphatic rings.